The molecule has 5 nitrogen and oxygen atoms in total. The lowest BCUT2D eigenvalue weighted by atomic mass is 9.60. The van der Waals surface area contributed by atoms with E-state index in [4.69, 9.17) is 94.0 Å². The summed E-state index contributed by atoms with van der Waals surface area (Å²) in [4.78, 5) is 3.94. The molecule has 314 valence electrons. The Labute approximate surface area is 430 Å². The highest BCUT2D eigenvalue weighted by atomic mass is 16.3. The van der Waals surface area contributed by atoms with Crippen molar-refractivity contribution in [3.63, 3.8) is 0 Å². The van der Waals surface area contributed by atoms with Gasteiger partial charge in [0.15, 0.2) is 5.84 Å². The predicted octanol–water partition coefficient (Wildman–Crippen LogP) is 2.43. The van der Waals surface area contributed by atoms with E-state index in [1.54, 1.807) is 0 Å². The van der Waals surface area contributed by atoms with Gasteiger partial charge in [0.1, 0.15) is 95.5 Å². The molecule has 72 heavy (non-hydrogen) atoms. The van der Waals surface area contributed by atoms with Crippen LogP contribution in [0, 0.1) is 12.3 Å². The maximum absolute atomic E-state index is 8.20. The van der Waals surface area contributed by atoms with E-state index < -0.39 is 5.84 Å². The molecule has 15 heteroatoms. The van der Waals surface area contributed by atoms with Crippen molar-refractivity contribution in [2.24, 2.45) is 10.7 Å². The molecule has 0 atom stereocenters. The number of nitrogens with one attached hydrogen (secondary N) is 1. The first-order valence-electron chi connectivity index (χ1n) is 22.9. The second kappa shape index (κ2) is 17.9. The Bertz CT molecular complexity index is 4220. The lowest BCUT2D eigenvalue weighted by Crippen LogP contribution is -2.58. The number of amidine groups is 2. The van der Waals surface area contributed by atoms with Crippen LogP contribution in [0.5, 0.6) is 0 Å². The minimum absolute atomic E-state index is 0.00562. The summed E-state index contributed by atoms with van der Waals surface area (Å²) in [6, 6.07) is 52.9. The van der Waals surface area contributed by atoms with E-state index in [0.717, 1.165) is 16.6 Å². The van der Waals surface area contributed by atoms with Crippen LogP contribution >= 0.6 is 0 Å². The highest BCUT2D eigenvalue weighted by molar-refractivity contribution is 6.70. The summed E-state index contributed by atoms with van der Waals surface area (Å²) in [6.45, 7) is 2.17. The Balaban J connectivity index is 0.000000179. The van der Waals surface area contributed by atoms with Crippen molar-refractivity contribution in [1.29, 1.82) is 5.41 Å². The van der Waals surface area contributed by atoms with Crippen LogP contribution < -0.4 is 60.4 Å². The Morgan fingerprint density at radius 3 is 1.69 bits per heavy atom. The zero-order valence-corrected chi connectivity index (χ0v) is 39.0. The smallest absolute Gasteiger partial charge is 0.152 e. The largest absolute Gasteiger partial charge is 0.456 e. The van der Waals surface area contributed by atoms with Gasteiger partial charge < -0.3 is 14.7 Å². The minimum Gasteiger partial charge on any atom is -0.456 e. The molecule has 0 saturated carbocycles. The normalized spacial score (nSPS) is 11.9. The Kier molecular flexibility index (Phi) is 11.6. The third kappa shape index (κ3) is 7.30. The molecule has 3 N–H and O–H groups in total. The fourth-order valence-electron chi connectivity index (χ4n) is 10.2. The summed E-state index contributed by atoms with van der Waals surface area (Å²) in [7, 11) is 58.3. The molecule has 0 amide bonds. The molecule has 0 aliphatic rings. The number of aromatic nitrogens is 1. The van der Waals surface area contributed by atoms with Gasteiger partial charge in [-0.15, -0.1) is 32.8 Å². The lowest BCUT2D eigenvalue weighted by Gasteiger charge is -2.22. The highest BCUT2D eigenvalue weighted by Gasteiger charge is 2.23. The lowest BCUT2D eigenvalue weighted by molar-refractivity contribution is 0.669. The average molecular weight is 895 g/mol. The van der Waals surface area contributed by atoms with E-state index in [-0.39, 0.29) is 71.6 Å². The minimum atomic E-state index is -0.450. The average Bonchev–Trinajstić information content (AvgIpc) is 3.95. The van der Waals surface area contributed by atoms with Gasteiger partial charge in [-0.3, -0.25) is 5.41 Å². The molecule has 2 heterocycles. The van der Waals surface area contributed by atoms with Crippen molar-refractivity contribution in [1.82, 2.24) is 4.57 Å². The van der Waals surface area contributed by atoms with Crippen LogP contribution in [0.4, 0.5) is 0 Å². The Morgan fingerprint density at radius 1 is 0.444 bits per heavy atom. The number of aliphatic imine (C=N–C) groups is 1. The number of aryl methyl sites for hydroxylation is 1. The molecule has 0 spiro atoms. The van der Waals surface area contributed by atoms with E-state index in [0.29, 0.717) is 0 Å². The summed E-state index contributed by atoms with van der Waals surface area (Å²) in [5, 5.41) is 18.3. The maximum Gasteiger partial charge on any atom is 0.152 e. The van der Waals surface area contributed by atoms with Gasteiger partial charge in [0.25, 0.3) is 0 Å². The molecule has 0 saturated heterocycles. The molecule has 0 unspecified atom stereocenters. The first-order chi connectivity index (χ1) is 34.7. The van der Waals surface area contributed by atoms with Crippen molar-refractivity contribution in [2.75, 3.05) is 0 Å². The van der Waals surface area contributed by atoms with Crippen LogP contribution in [0.25, 0.3) is 93.2 Å². The van der Waals surface area contributed by atoms with Gasteiger partial charge in [0.05, 0.1) is 11.0 Å². The quantitative estimate of drug-likeness (QED) is 0.121. The van der Waals surface area contributed by atoms with Gasteiger partial charge in [-0.1, -0.05) is 125 Å². The molecular weight excluding hydrogens is 865 g/mol. The van der Waals surface area contributed by atoms with Crippen molar-refractivity contribution in [3.8, 4) is 27.9 Å². The molecule has 20 radical (unpaired) electrons. The second-order valence-corrected chi connectivity index (χ2v) is 17.9. The maximum atomic E-state index is 8.20. The van der Waals surface area contributed by atoms with Crippen molar-refractivity contribution in [2.45, 2.75) is 6.92 Å². The molecule has 12 aromatic rings. The fraction of sp³-hybridized carbons (Fsp3) is 0.0175. The third-order valence-corrected chi connectivity index (χ3v) is 13.8. The number of benzene rings is 10. The van der Waals surface area contributed by atoms with Crippen LogP contribution in [-0.4, -0.2) is 94.7 Å². The van der Waals surface area contributed by atoms with Crippen molar-refractivity contribution >= 4 is 210 Å². The molecule has 12 rings (SSSR count). The third-order valence-electron chi connectivity index (χ3n) is 13.8. The second-order valence-electron chi connectivity index (χ2n) is 17.9. The molecule has 0 aliphatic heterocycles. The summed E-state index contributed by atoms with van der Waals surface area (Å²) in [6.07, 6.45) is 0. The van der Waals surface area contributed by atoms with Crippen LogP contribution in [0.2, 0.25) is 0 Å². The molecule has 0 aliphatic carbocycles. The summed E-state index contributed by atoms with van der Waals surface area (Å²) in [5.41, 5.74) is 17.2. The SMILES string of the molecule is Cc1cccc2oc3ccc(-c4ccc5c6c4c4ccccc4c4cccc(c46)n5-c4cccc(-c5ccccc5)c4)cc3c12.[B]c1c([B])c([B])c(C(=N)N=C(N)c2c([B])c([B])c([B])c([B])c2[B])c([B])c1[B]. The first-order valence-corrected chi connectivity index (χ1v) is 22.9. The van der Waals surface area contributed by atoms with Crippen molar-refractivity contribution in [3.05, 3.63) is 162 Å². The topological polar surface area (TPSA) is 80.3 Å². The van der Waals surface area contributed by atoms with Gasteiger partial charge in [0.2, 0.25) is 0 Å². The van der Waals surface area contributed by atoms with Gasteiger partial charge in [-0.2, -0.15) is 0 Å². The van der Waals surface area contributed by atoms with Crippen molar-refractivity contribution < 1.29 is 4.42 Å². The van der Waals surface area contributed by atoms with Crippen LogP contribution in [0.3, 0.4) is 0 Å². The number of furan rings is 1. The summed E-state index contributed by atoms with van der Waals surface area (Å²) in [5.74, 6) is -0.713. The molecule has 0 fully saturated rings. The van der Waals surface area contributed by atoms with E-state index in [9.17, 15) is 0 Å². The number of hydrogen-bond acceptors (Lipinski definition) is 2. The number of nitrogens with zero attached hydrogens (tertiary/aromatic N) is 2. The first kappa shape index (κ1) is 46.7. The van der Waals surface area contributed by atoms with Gasteiger partial charge >= 0.3 is 0 Å². The summed E-state index contributed by atoms with van der Waals surface area (Å²) >= 11 is 0. The number of rotatable bonds is 5. The molecular formula is C57H30B10N4O. The number of hydrogen-bond donors (Lipinski definition) is 2. The molecule has 2 aromatic heterocycles. The molecule has 10 aromatic carbocycles. The standard InChI is InChI=1S/C43H27NO.C14H3B10N3/c1-26-10-7-19-39-40(26)35-25-29(20-23-38(35)45-39)31-21-22-37-43-41(31)33-16-6-5-15-32(33)34-17-9-18-36(42(34)43)44(37)30-14-8-13-28(24-30)27-11-3-2-4-12-27;15-3-1(4(16)8(20)11(23)7(3)19)13(25)27-14(26)2-5(17)9(21)12(24)10(22)6(2)18/h2-25H,1H3;(H3,25,26,27). The molecule has 0 bridgehead atoms. The van der Waals surface area contributed by atoms with Gasteiger partial charge in [-0.25, -0.2) is 4.99 Å². The fourth-order valence-corrected chi connectivity index (χ4v) is 10.2. The zero-order chi connectivity index (χ0) is 50.4. The zero-order valence-electron chi connectivity index (χ0n) is 39.0. The van der Waals surface area contributed by atoms with E-state index in [1.165, 1.54) is 82.2 Å². The number of fused-ring (bicyclic) bond motifs is 6. The predicted molar refractivity (Wildman–Crippen MR) is 314 cm³/mol. The highest BCUT2D eigenvalue weighted by Crippen LogP contribution is 2.47. The van der Waals surface area contributed by atoms with E-state index in [2.05, 4.69) is 162 Å². The van der Waals surface area contributed by atoms with Gasteiger partial charge in [0, 0.05) is 43.7 Å². The van der Waals surface area contributed by atoms with E-state index >= 15 is 0 Å². The summed E-state index contributed by atoms with van der Waals surface area (Å²) < 4.78 is 8.72. The number of nitrogens with two attached hydrogens (primary N) is 1. The Hall–Kier alpha value is -7.63. The van der Waals surface area contributed by atoms with Crippen LogP contribution in [-0.2, 0) is 0 Å². The van der Waals surface area contributed by atoms with Gasteiger partial charge in [-0.05, 0) is 93.4 Å². The van der Waals surface area contributed by atoms with Crippen LogP contribution in [0.15, 0.2) is 155 Å². The Morgan fingerprint density at radius 2 is 1.00 bits per heavy atom. The monoisotopic (exact) mass is 896 g/mol. The van der Waals surface area contributed by atoms with E-state index in [1.807, 2.05) is 0 Å². The van der Waals surface area contributed by atoms with Crippen LogP contribution in [0.1, 0.15) is 16.7 Å².